The topological polar surface area (TPSA) is 76.4 Å². The van der Waals surface area contributed by atoms with Crippen LogP contribution in [0.3, 0.4) is 0 Å². The lowest BCUT2D eigenvalue weighted by Gasteiger charge is -2.14. The van der Waals surface area contributed by atoms with Gasteiger partial charge in [0.05, 0.1) is 22.8 Å². The number of benzene rings is 1. The normalized spacial score (nSPS) is 12.6. The molecule has 0 fully saturated rings. The van der Waals surface area contributed by atoms with E-state index in [0.29, 0.717) is 6.54 Å². The summed E-state index contributed by atoms with van der Waals surface area (Å²) in [5, 5.41) is 4.80. The van der Waals surface area contributed by atoms with E-state index >= 15 is 0 Å². The van der Waals surface area contributed by atoms with Crippen molar-refractivity contribution >= 4 is 27.1 Å². The summed E-state index contributed by atoms with van der Waals surface area (Å²) in [4.78, 5) is 13.5. The smallest absolute Gasteiger partial charge is 0.221 e. The van der Waals surface area contributed by atoms with E-state index in [1.165, 1.54) is 12.1 Å². The quantitative estimate of drug-likeness (QED) is 0.640. The molecule has 0 aliphatic rings. The van der Waals surface area contributed by atoms with Crippen LogP contribution in [0.4, 0.5) is 0 Å². The van der Waals surface area contributed by atoms with E-state index in [1.807, 2.05) is 29.6 Å². The number of rotatable bonds is 8. The number of carbonyl (C=O) groups is 1. The van der Waals surface area contributed by atoms with Crippen molar-refractivity contribution < 1.29 is 17.6 Å². The molecule has 5 nitrogen and oxygen atoms in total. The third kappa shape index (κ3) is 4.62. The molecule has 0 saturated heterocycles. The Morgan fingerprint density at radius 1 is 1.08 bits per heavy atom. The Hall–Kier alpha value is -2.38. The lowest BCUT2D eigenvalue weighted by molar-refractivity contribution is -0.120. The van der Waals surface area contributed by atoms with Gasteiger partial charge in [0.25, 0.3) is 0 Å². The van der Waals surface area contributed by atoms with E-state index in [9.17, 15) is 13.2 Å². The Kier molecular flexibility index (Phi) is 5.90. The summed E-state index contributed by atoms with van der Waals surface area (Å²) < 4.78 is 30.0. The zero-order chi connectivity index (χ0) is 18.4. The number of hydrogen-bond donors (Lipinski definition) is 1. The van der Waals surface area contributed by atoms with Crippen LogP contribution in [0, 0.1) is 0 Å². The molecule has 2 aromatic heterocycles. The number of hydrogen-bond acceptors (Lipinski definition) is 5. The molecule has 0 bridgehead atoms. The summed E-state index contributed by atoms with van der Waals surface area (Å²) in [5.74, 6) is 0.176. The number of sulfone groups is 1. The molecule has 1 aromatic carbocycles. The molecule has 0 aliphatic carbocycles. The first-order valence-corrected chi connectivity index (χ1v) is 10.7. The second kappa shape index (κ2) is 8.33. The van der Waals surface area contributed by atoms with Crippen LogP contribution in [-0.4, -0.2) is 26.6 Å². The van der Waals surface area contributed by atoms with Crippen molar-refractivity contribution in [1.29, 1.82) is 0 Å². The van der Waals surface area contributed by atoms with Crippen LogP contribution in [0.15, 0.2) is 75.6 Å². The molecule has 136 valence electrons. The standard InChI is InChI=1S/C19H19NO4S2/c21-19(10-13-26(22,23)15-6-2-1-3-7-15)20-14-16(17-8-4-11-24-17)18-9-5-12-25-18/h1-9,11-12,16H,10,13-14H2,(H,20,21)/t16-/m1/s1. The fraction of sp³-hybridized carbons (Fsp3) is 0.211. The minimum atomic E-state index is -3.46. The van der Waals surface area contributed by atoms with Crippen LogP contribution in [0.25, 0.3) is 0 Å². The lowest BCUT2D eigenvalue weighted by Crippen LogP contribution is -2.30. The van der Waals surface area contributed by atoms with E-state index < -0.39 is 9.84 Å². The molecule has 0 aliphatic heterocycles. The van der Waals surface area contributed by atoms with Crippen molar-refractivity contribution in [3.05, 3.63) is 76.9 Å². The molecule has 0 unspecified atom stereocenters. The zero-order valence-corrected chi connectivity index (χ0v) is 15.6. The second-order valence-electron chi connectivity index (χ2n) is 5.77. The molecule has 1 amide bonds. The fourth-order valence-electron chi connectivity index (χ4n) is 2.60. The van der Waals surface area contributed by atoms with Gasteiger partial charge < -0.3 is 9.73 Å². The van der Waals surface area contributed by atoms with Crippen LogP contribution < -0.4 is 5.32 Å². The lowest BCUT2D eigenvalue weighted by atomic mass is 10.0. The minimum absolute atomic E-state index is 0.0768. The molecule has 26 heavy (non-hydrogen) atoms. The van der Waals surface area contributed by atoms with Crippen molar-refractivity contribution in [2.24, 2.45) is 0 Å². The Balaban J connectivity index is 1.58. The Morgan fingerprint density at radius 2 is 1.88 bits per heavy atom. The van der Waals surface area contributed by atoms with Crippen LogP contribution in [0.5, 0.6) is 0 Å². The summed E-state index contributed by atoms with van der Waals surface area (Å²) in [7, 11) is -3.46. The van der Waals surface area contributed by atoms with Crippen LogP contribution in [0.1, 0.15) is 23.0 Å². The van der Waals surface area contributed by atoms with E-state index in [0.717, 1.165) is 10.6 Å². The average molecular weight is 389 g/mol. The van der Waals surface area contributed by atoms with Crippen molar-refractivity contribution in [2.75, 3.05) is 12.3 Å². The van der Waals surface area contributed by atoms with Crippen molar-refractivity contribution in [2.45, 2.75) is 17.2 Å². The van der Waals surface area contributed by atoms with Crippen LogP contribution >= 0.6 is 11.3 Å². The van der Waals surface area contributed by atoms with E-state index in [2.05, 4.69) is 5.32 Å². The first-order chi connectivity index (χ1) is 12.6. The highest BCUT2D eigenvalue weighted by Gasteiger charge is 2.20. The Labute approximate surface area is 156 Å². The molecular weight excluding hydrogens is 370 g/mol. The van der Waals surface area contributed by atoms with Gasteiger partial charge in [-0.05, 0) is 35.7 Å². The number of carbonyl (C=O) groups excluding carboxylic acids is 1. The highest BCUT2D eigenvalue weighted by atomic mass is 32.2. The predicted molar refractivity (Wildman–Crippen MR) is 101 cm³/mol. The van der Waals surface area contributed by atoms with Crippen LogP contribution in [0.2, 0.25) is 0 Å². The summed E-state index contributed by atoms with van der Waals surface area (Å²) in [6.07, 6.45) is 1.52. The number of nitrogens with one attached hydrogen (secondary N) is 1. The van der Waals surface area contributed by atoms with Gasteiger partial charge in [-0.3, -0.25) is 4.79 Å². The highest BCUT2D eigenvalue weighted by molar-refractivity contribution is 7.91. The third-order valence-corrected chi connectivity index (χ3v) is 6.69. The first-order valence-electron chi connectivity index (χ1n) is 8.17. The molecule has 2 heterocycles. The summed E-state index contributed by atoms with van der Waals surface area (Å²) in [6, 6.07) is 15.8. The van der Waals surface area contributed by atoms with Gasteiger partial charge in [-0.2, -0.15) is 0 Å². The number of thiophene rings is 1. The van der Waals surface area contributed by atoms with E-state index in [4.69, 9.17) is 4.42 Å². The van der Waals surface area contributed by atoms with Gasteiger partial charge in [0.1, 0.15) is 5.76 Å². The maximum atomic E-state index is 12.3. The van der Waals surface area contributed by atoms with E-state index in [1.54, 1.807) is 35.8 Å². The van der Waals surface area contributed by atoms with Gasteiger partial charge in [0.2, 0.25) is 5.91 Å². The molecule has 0 spiro atoms. The van der Waals surface area contributed by atoms with Gasteiger partial charge in [-0.25, -0.2) is 8.42 Å². The molecule has 7 heteroatoms. The maximum absolute atomic E-state index is 12.3. The summed E-state index contributed by atoms with van der Waals surface area (Å²) >= 11 is 1.59. The number of amides is 1. The minimum Gasteiger partial charge on any atom is -0.469 e. The van der Waals surface area contributed by atoms with Gasteiger partial charge >= 0.3 is 0 Å². The molecule has 3 aromatic rings. The summed E-state index contributed by atoms with van der Waals surface area (Å²) in [5.41, 5.74) is 0. The SMILES string of the molecule is O=C(CCS(=O)(=O)c1ccccc1)NC[C@H](c1ccco1)c1cccs1. The molecule has 3 rings (SSSR count). The van der Waals surface area contributed by atoms with Gasteiger partial charge in [0, 0.05) is 17.8 Å². The molecule has 1 atom stereocenters. The maximum Gasteiger partial charge on any atom is 0.221 e. The molecule has 0 saturated carbocycles. The summed E-state index contributed by atoms with van der Waals surface area (Å²) in [6.45, 7) is 0.359. The molecule has 1 N–H and O–H groups in total. The van der Waals surface area contributed by atoms with Crippen molar-refractivity contribution in [1.82, 2.24) is 5.32 Å². The fourth-order valence-corrected chi connectivity index (χ4v) is 4.69. The average Bonchev–Trinajstić information content (AvgIpc) is 3.36. The first kappa shape index (κ1) is 18.4. The number of furan rings is 1. The van der Waals surface area contributed by atoms with Gasteiger partial charge in [-0.15, -0.1) is 11.3 Å². The Morgan fingerprint density at radius 3 is 2.54 bits per heavy atom. The van der Waals surface area contributed by atoms with E-state index in [-0.39, 0.29) is 28.9 Å². The Bertz CT molecular complexity index is 883. The van der Waals surface area contributed by atoms with Gasteiger partial charge in [-0.1, -0.05) is 24.3 Å². The van der Waals surface area contributed by atoms with Crippen molar-refractivity contribution in [3.63, 3.8) is 0 Å². The van der Waals surface area contributed by atoms with Gasteiger partial charge in [0.15, 0.2) is 9.84 Å². The second-order valence-corrected chi connectivity index (χ2v) is 8.86. The predicted octanol–water partition coefficient (Wildman–Crippen LogP) is 3.45. The highest BCUT2D eigenvalue weighted by Crippen LogP contribution is 2.28. The third-order valence-electron chi connectivity index (χ3n) is 3.98. The zero-order valence-electron chi connectivity index (χ0n) is 14.0. The van der Waals surface area contributed by atoms with Crippen molar-refractivity contribution in [3.8, 4) is 0 Å². The largest absolute Gasteiger partial charge is 0.469 e. The molecule has 0 radical (unpaired) electrons. The molecular formula is C19H19NO4S2. The monoisotopic (exact) mass is 389 g/mol. The van der Waals surface area contributed by atoms with Crippen LogP contribution in [-0.2, 0) is 14.6 Å².